The third-order valence-corrected chi connectivity index (χ3v) is 4.75. The van der Waals surface area contributed by atoms with Gasteiger partial charge in [-0.1, -0.05) is 13.8 Å². The number of piperidine rings is 1. The van der Waals surface area contributed by atoms with Gasteiger partial charge in [-0.2, -0.15) is 0 Å². The molecule has 1 amide bonds. The number of nitrogens with zero attached hydrogens (tertiary/aromatic N) is 2. The lowest BCUT2D eigenvalue weighted by Crippen LogP contribution is -2.61. The van der Waals surface area contributed by atoms with Crippen LogP contribution in [0.15, 0.2) is 0 Å². The van der Waals surface area contributed by atoms with E-state index in [-0.39, 0.29) is 5.91 Å². The molecule has 4 heteroatoms. The smallest absolute Gasteiger partial charge is 0.242 e. The first kappa shape index (κ1) is 13.8. The minimum Gasteiger partial charge on any atom is -0.341 e. The Balaban J connectivity index is 1.84. The summed E-state index contributed by atoms with van der Waals surface area (Å²) in [6, 6.07) is 0.652. The number of hydrogen-bond acceptors (Lipinski definition) is 3. The third kappa shape index (κ3) is 2.54. The molecule has 0 aromatic rings. The van der Waals surface area contributed by atoms with Crippen molar-refractivity contribution in [1.29, 1.82) is 0 Å². The molecule has 0 atom stereocenters. The lowest BCUT2D eigenvalue weighted by atomic mass is 9.76. The predicted octanol–water partition coefficient (Wildman–Crippen LogP) is 1.20. The predicted molar refractivity (Wildman–Crippen MR) is 73.3 cm³/mol. The van der Waals surface area contributed by atoms with Gasteiger partial charge in [0.05, 0.1) is 5.54 Å². The van der Waals surface area contributed by atoms with Crippen molar-refractivity contribution >= 4 is 5.91 Å². The molecule has 2 rings (SSSR count). The third-order valence-electron chi connectivity index (χ3n) is 4.75. The van der Waals surface area contributed by atoms with Crippen LogP contribution in [0.5, 0.6) is 0 Å². The van der Waals surface area contributed by atoms with Crippen molar-refractivity contribution in [3.63, 3.8) is 0 Å². The molecule has 104 valence electrons. The number of nitrogens with two attached hydrogens (primary N) is 1. The lowest BCUT2D eigenvalue weighted by molar-refractivity contribution is -0.141. The molecule has 0 radical (unpaired) electrons. The van der Waals surface area contributed by atoms with Crippen molar-refractivity contribution in [1.82, 2.24) is 9.80 Å². The van der Waals surface area contributed by atoms with Gasteiger partial charge in [-0.3, -0.25) is 4.79 Å². The van der Waals surface area contributed by atoms with Crippen LogP contribution in [0.2, 0.25) is 0 Å². The molecular formula is C14H27N3O. The summed E-state index contributed by atoms with van der Waals surface area (Å²) in [6.07, 6.45) is 5.06. The van der Waals surface area contributed by atoms with Crippen LogP contribution in [0.4, 0.5) is 0 Å². The monoisotopic (exact) mass is 253 g/mol. The van der Waals surface area contributed by atoms with E-state index in [4.69, 9.17) is 5.73 Å². The first-order chi connectivity index (χ1) is 8.60. The maximum atomic E-state index is 12.3. The van der Waals surface area contributed by atoms with Crippen LogP contribution in [-0.2, 0) is 4.79 Å². The Morgan fingerprint density at radius 2 is 1.83 bits per heavy atom. The van der Waals surface area contributed by atoms with E-state index in [1.54, 1.807) is 0 Å². The number of carbonyl (C=O) groups excluding carboxylic acids is 1. The van der Waals surface area contributed by atoms with Crippen LogP contribution in [0.1, 0.15) is 46.0 Å². The average molecular weight is 253 g/mol. The van der Waals surface area contributed by atoms with Gasteiger partial charge in [-0.25, -0.2) is 0 Å². The van der Waals surface area contributed by atoms with E-state index in [9.17, 15) is 4.79 Å². The maximum Gasteiger partial charge on any atom is 0.242 e. The molecule has 2 aliphatic rings. The fraction of sp³-hybridized carbons (Fsp3) is 0.929. The molecule has 0 unspecified atom stereocenters. The molecule has 18 heavy (non-hydrogen) atoms. The van der Waals surface area contributed by atoms with Crippen molar-refractivity contribution in [2.24, 2.45) is 5.73 Å². The Labute approximate surface area is 110 Å². The van der Waals surface area contributed by atoms with Crippen LogP contribution < -0.4 is 5.73 Å². The number of rotatable bonds is 4. The summed E-state index contributed by atoms with van der Waals surface area (Å²) < 4.78 is 0. The van der Waals surface area contributed by atoms with Gasteiger partial charge in [0.25, 0.3) is 0 Å². The van der Waals surface area contributed by atoms with Crippen LogP contribution >= 0.6 is 0 Å². The number of carbonyl (C=O) groups is 1. The zero-order valence-electron chi connectivity index (χ0n) is 11.8. The zero-order valence-corrected chi connectivity index (χ0v) is 11.8. The van der Waals surface area contributed by atoms with Crippen molar-refractivity contribution in [2.45, 2.75) is 57.5 Å². The highest BCUT2D eigenvalue weighted by Crippen LogP contribution is 2.32. The van der Waals surface area contributed by atoms with Gasteiger partial charge in [0.15, 0.2) is 0 Å². The average Bonchev–Trinajstić information content (AvgIpc) is 2.37. The summed E-state index contributed by atoms with van der Waals surface area (Å²) in [4.78, 5) is 16.8. The highest BCUT2D eigenvalue weighted by atomic mass is 16.2. The molecule has 2 N–H and O–H groups in total. The molecule has 4 nitrogen and oxygen atoms in total. The van der Waals surface area contributed by atoms with Crippen LogP contribution in [0, 0.1) is 0 Å². The molecule has 1 saturated carbocycles. The Morgan fingerprint density at radius 3 is 2.22 bits per heavy atom. The fourth-order valence-electron chi connectivity index (χ4n) is 3.26. The van der Waals surface area contributed by atoms with E-state index in [1.807, 2.05) is 4.90 Å². The molecular weight excluding hydrogens is 226 g/mol. The summed E-state index contributed by atoms with van der Waals surface area (Å²) in [7, 11) is 0. The van der Waals surface area contributed by atoms with Crippen LogP contribution in [0.25, 0.3) is 0 Å². The summed E-state index contributed by atoms with van der Waals surface area (Å²) in [5, 5.41) is 0. The molecule has 1 saturated heterocycles. The van der Waals surface area contributed by atoms with Crippen LogP contribution in [0.3, 0.4) is 0 Å². The molecule has 2 fully saturated rings. The van der Waals surface area contributed by atoms with E-state index in [0.717, 1.165) is 58.3 Å². The van der Waals surface area contributed by atoms with Gasteiger partial charge in [-0.15, -0.1) is 0 Å². The van der Waals surface area contributed by atoms with Crippen molar-refractivity contribution in [3.8, 4) is 0 Å². The van der Waals surface area contributed by atoms with E-state index in [1.165, 1.54) is 0 Å². The van der Waals surface area contributed by atoms with E-state index in [0.29, 0.717) is 6.04 Å². The number of likely N-dealkylation sites (tertiary alicyclic amines) is 1. The molecule has 1 aliphatic carbocycles. The first-order valence-corrected chi connectivity index (χ1v) is 7.43. The molecule has 0 spiro atoms. The molecule has 1 aliphatic heterocycles. The second-order valence-corrected chi connectivity index (χ2v) is 5.75. The van der Waals surface area contributed by atoms with Crippen molar-refractivity contribution in [3.05, 3.63) is 0 Å². The normalized spacial score (nSPS) is 24.1. The fourth-order valence-corrected chi connectivity index (χ4v) is 3.26. The Morgan fingerprint density at radius 1 is 1.28 bits per heavy atom. The number of amides is 1. The van der Waals surface area contributed by atoms with Gasteiger partial charge in [0, 0.05) is 19.1 Å². The Hall–Kier alpha value is -0.610. The van der Waals surface area contributed by atoms with E-state index < -0.39 is 5.54 Å². The summed E-state index contributed by atoms with van der Waals surface area (Å²) in [5.74, 6) is 0.201. The molecule has 0 aromatic carbocycles. The Kier molecular flexibility index (Phi) is 4.28. The maximum absolute atomic E-state index is 12.3. The summed E-state index contributed by atoms with van der Waals surface area (Å²) >= 11 is 0. The highest BCUT2D eigenvalue weighted by molar-refractivity contribution is 5.87. The highest BCUT2D eigenvalue weighted by Gasteiger charge is 2.43. The SMILES string of the molecule is CCN(CC)C1CCN(C(=O)C2(N)CCC2)CC1. The van der Waals surface area contributed by atoms with Crippen LogP contribution in [-0.4, -0.2) is 53.5 Å². The number of hydrogen-bond donors (Lipinski definition) is 1. The largest absolute Gasteiger partial charge is 0.341 e. The lowest BCUT2D eigenvalue weighted by Gasteiger charge is -2.44. The van der Waals surface area contributed by atoms with Gasteiger partial charge in [-0.05, 0) is 45.2 Å². The van der Waals surface area contributed by atoms with Crippen molar-refractivity contribution < 1.29 is 4.79 Å². The van der Waals surface area contributed by atoms with E-state index in [2.05, 4.69) is 18.7 Å². The zero-order chi connectivity index (χ0) is 13.2. The topological polar surface area (TPSA) is 49.6 Å². The molecule has 0 bridgehead atoms. The minimum absolute atomic E-state index is 0.201. The van der Waals surface area contributed by atoms with Crippen molar-refractivity contribution in [2.75, 3.05) is 26.2 Å². The Bertz CT molecular complexity index is 289. The van der Waals surface area contributed by atoms with Gasteiger partial charge >= 0.3 is 0 Å². The summed E-state index contributed by atoms with van der Waals surface area (Å²) in [5.41, 5.74) is 5.61. The van der Waals surface area contributed by atoms with Gasteiger partial charge < -0.3 is 15.5 Å². The van der Waals surface area contributed by atoms with Gasteiger partial charge in [0.2, 0.25) is 5.91 Å². The second-order valence-electron chi connectivity index (χ2n) is 5.75. The standard InChI is InChI=1S/C14H27N3O/c1-3-16(4-2)12-6-10-17(11-7-12)13(18)14(15)8-5-9-14/h12H,3-11,15H2,1-2H3. The molecule has 0 aromatic heterocycles. The summed E-state index contributed by atoms with van der Waals surface area (Å²) in [6.45, 7) is 8.41. The van der Waals surface area contributed by atoms with Gasteiger partial charge in [0.1, 0.15) is 0 Å². The second kappa shape index (κ2) is 5.57. The molecule has 1 heterocycles. The quantitative estimate of drug-likeness (QED) is 0.819. The minimum atomic E-state index is -0.512. The van der Waals surface area contributed by atoms with E-state index >= 15 is 0 Å². The first-order valence-electron chi connectivity index (χ1n) is 7.43.